The minimum atomic E-state index is -1.15. The Morgan fingerprint density at radius 2 is 2.06 bits per heavy atom. The van der Waals surface area contributed by atoms with Crippen molar-refractivity contribution in [2.24, 2.45) is 0 Å². The van der Waals surface area contributed by atoms with Crippen molar-refractivity contribution in [3.8, 4) is 0 Å². The molecular weight excluding hydrogens is 523 g/mol. The maximum atomic E-state index is 12.4. The summed E-state index contributed by atoms with van der Waals surface area (Å²) in [5, 5.41) is 14.9. The average molecular weight is 556 g/mol. The number of halogens is 1. The summed E-state index contributed by atoms with van der Waals surface area (Å²) in [6.07, 6.45) is 2.23. The normalized spacial score (nSPS) is 17.5. The standard InChI is InChI=1S/C23H33IN4O4/c1-7-12-31-23(6)8-10-27(11-9-23)20-18(19(21(29)30)32-22(3,4)5)15(2)25-17-13-16(14-24)26-28(17)20/h7,13,19H,1,8-12,14H2,2-6H3,(H,29,30). The van der Waals surface area contributed by atoms with Crippen molar-refractivity contribution in [2.45, 2.75) is 69.2 Å². The van der Waals surface area contributed by atoms with Gasteiger partial charge in [-0.1, -0.05) is 28.7 Å². The Labute approximate surface area is 203 Å². The number of rotatable bonds is 8. The first-order valence-corrected chi connectivity index (χ1v) is 12.4. The molecule has 1 unspecified atom stereocenters. The van der Waals surface area contributed by atoms with Crippen LogP contribution in [0.1, 0.15) is 63.6 Å². The molecule has 176 valence electrons. The number of piperidine rings is 1. The number of aryl methyl sites for hydroxylation is 1. The molecule has 0 radical (unpaired) electrons. The lowest BCUT2D eigenvalue weighted by Gasteiger charge is -2.41. The van der Waals surface area contributed by atoms with Gasteiger partial charge in [0.25, 0.3) is 0 Å². The maximum absolute atomic E-state index is 12.4. The number of carboxylic acids is 1. The molecule has 1 fully saturated rings. The Morgan fingerprint density at radius 3 is 2.59 bits per heavy atom. The molecule has 0 aliphatic carbocycles. The molecule has 3 rings (SSSR count). The summed E-state index contributed by atoms with van der Waals surface area (Å²) in [6.45, 7) is 15.2. The topological polar surface area (TPSA) is 89.2 Å². The molecule has 1 atom stereocenters. The molecule has 0 aromatic carbocycles. The van der Waals surface area contributed by atoms with E-state index in [0.717, 1.165) is 28.8 Å². The van der Waals surface area contributed by atoms with Crippen LogP contribution in [0.15, 0.2) is 18.7 Å². The number of aromatic nitrogens is 3. The first kappa shape index (κ1) is 24.9. The molecule has 3 heterocycles. The van der Waals surface area contributed by atoms with E-state index in [1.807, 2.05) is 33.8 Å². The van der Waals surface area contributed by atoms with Crippen LogP contribution in [0.5, 0.6) is 0 Å². The molecule has 32 heavy (non-hydrogen) atoms. The van der Waals surface area contributed by atoms with Crippen molar-refractivity contribution in [3.63, 3.8) is 0 Å². The molecule has 1 saturated heterocycles. The van der Waals surface area contributed by atoms with E-state index in [-0.39, 0.29) is 5.60 Å². The van der Waals surface area contributed by atoms with Crippen LogP contribution in [0.2, 0.25) is 0 Å². The van der Waals surface area contributed by atoms with Crippen molar-refractivity contribution in [1.29, 1.82) is 0 Å². The number of carboxylic acid groups (broad SMARTS) is 1. The minimum absolute atomic E-state index is 0.238. The van der Waals surface area contributed by atoms with Crippen molar-refractivity contribution in [2.75, 3.05) is 24.6 Å². The lowest BCUT2D eigenvalue weighted by molar-refractivity contribution is -0.160. The summed E-state index contributed by atoms with van der Waals surface area (Å²) in [7, 11) is 0. The van der Waals surface area contributed by atoms with Gasteiger partial charge in [-0.3, -0.25) is 0 Å². The second-order valence-electron chi connectivity index (χ2n) is 9.46. The number of alkyl halides is 1. The predicted molar refractivity (Wildman–Crippen MR) is 133 cm³/mol. The van der Waals surface area contributed by atoms with Crippen LogP contribution in [-0.4, -0.2) is 56.6 Å². The van der Waals surface area contributed by atoms with Crippen LogP contribution >= 0.6 is 22.6 Å². The predicted octanol–water partition coefficient (Wildman–Crippen LogP) is 4.48. The van der Waals surface area contributed by atoms with Crippen LogP contribution in [0.3, 0.4) is 0 Å². The molecule has 2 aromatic heterocycles. The number of fused-ring (bicyclic) bond motifs is 1. The summed E-state index contributed by atoms with van der Waals surface area (Å²) >= 11 is 2.27. The number of hydrogen-bond acceptors (Lipinski definition) is 6. The fourth-order valence-electron chi connectivity index (χ4n) is 4.02. The third-order valence-electron chi connectivity index (χ3n) is 5.62. The Bertz CT molecular complexity index is 990. The Balaban J connectivity index is 2.12. The lowest BCUT2D eigenvalue weighted by Crippen LogP contribution is -2.45. The molecule has 2 aromatic rings. The molecule has 1 N–H and O–H groups in total. The Kier molecular flexibility index (Phi) is 7.51. The molecule has 0 amide bonds. The van der Waals surface area contributed by atoms with Crippen molar-refractivity contribution >= 4 is 40.0 Å². The van der Waals surface area contributed by atoms with E-state index in [9.17, 15) is 9.90 Å². The minimum Gasteiger partial charge on any atom is -0.479 e. The number of hydrogen-bond donors (Lipinski definition) is 1. The SMILES string of the molecule is C=CCOC1(C)CCN(c2c(C(OC(C)(C)C)C(=O)O)c(C)nc3cc(CI)nn23)CC1. The van der Waals surface area contributed by atoms with Crippen molar-refractivity contribution < 1.29 is 19.4 Å². The molecule has 0 bridgehead atoms. The molecule has 0 spiro atoms. The van der Waals surface area contributed by atoms with Gasteiger partial charge in [0.05, 0.1) is 29.1 Å². The number of ether oxygens (including phenoxy) is 2. The highest BCUT2D eigenvalue weighted by atomic mass is 127. The monoisotopic (exact) mass is 556 g/mol. The van der Waals surface area contributed by atoms with E-state index in [1.165, 1.54) is 0 Å². The number of nitrogens with zero attached hydrogens (tertiary/aromatic N) is 4. The molecule has 0 saturated carbocycles. The third kappa shape index (κ3) is 5.43. The zero-order valence-electron chi connectivity index (χ0n) is 19.5. The van der Waals surface area contributed by atoms with Gasteiger partial charge in [0.1, 0.15) is 5.82 Å². The van der Waals surface area contributed by atoms with E-state index in [4.69, 9.17) is 19.6 Å². The second-order valence-corrected chi connectivity index (χ2v) is 10.2. The Morgan fingerprint density at radius 1 is 1.41 bits per heavy atom. The van der Waals surface area contributed by atoms with Gasteiger partial charge in [-0.05, 0) is 47.5 Å². The van der Waals surface area contributed by atoms with Crippen LogP contribution in [0.25, 0.3) is 5.65 Å². The largest absolute Gasteiger partial charge is 0.479 e. The average Bonchev–Trinajstić information content (AvgIpc) is 3.12. The van der Waals surface area contributed by atoms with Crippen LogP contribution < -0.4 is 4.90 Å². The van der Waals surface area contributed by atoms with E-state index in [0.29, 0.717) is 36.6 Å². The van der Waals surface area contributed by atoms with Gasteiger partial charge in [0.15, 0.2) is 11.8 Å². The zero-order chi connectivity index (χ0) is 23.7. The fourth-order valence-corrected chi connectivity index (χ4v) is 4.39. The first-order valence-electron chi connectivity index (χ1n) is 10.8. The summed E-state index contributed by atoms with van der Waals surface area (Å²) in [5.74, 6) is -0.297. The van der Waals surface area contributed by atoms with E-state index >= 15 is 0 Å². The molecule has 8 nitrogen and oxygen atoms in total. The summed E-state index contributed by atoms with van der Waals surface area (Å²) in [5.41, 5.74) is 1.93. The molecule has 1 aliphatic rings. The van der Waals surface area contributed by atoms with E-state index in [1.54, 1.807) is 10.6 Å². The lowest BCUT2D eigenvalue weighted by atomic mass is 9.92. The Hall–Kier alpha value is -1.72. The van der Waals surface area contributed by atoms with Crippen molar-refractivity contribution in [3.05, 3.63) is 35.7 Å². The highest BCUT2D eigenvalue weighted by molar-refractivity contribution is 14.1. The molecular formula is C23H33IN4O4. The molecule has 9 heteroatoms. The highest BCUT2D eigenvalue weighted by Crippen LogP contribution is 2.37. The maximum Gasteiger partial charge on any atom is 0.337 e. The highest BCUT2D eigenvalue weighted by Gasteiger charge is 2.37. The number of anilines is 1. The smallest absolute Gasteiger partial charge is 0.337 e. The quantitative estimate of drug-likeness (QED) is 0.292. The van der Waals surface area contributed by atoms with E-state index < -0.39 is 17.7 Å². The van der Waals surface area contributed by atoms with E-state index in [2.05, 4.69) is 41.0 Å². The first-order chi connectivity index (χ1) is 15.0. The summed E-state index contributed by atoms with van der Waals surface area (Å²) in [4.78, 5) is 19.2. The van der Waals surface area contributed by atoms with Gasteiger partial charge < -0.3 is 19.5 Å². The van der Waals surface area contributed by atoms with Crippen LogP contribution in [0, 0.1) is 6.92 Å². The van der Waals surface area contributed by atoms with Gasteiger partial charge in [-0.25, -0.2) is 9.78 Å². The van der Waals surface area contributed by atoms with Gasteiger partial charge >= 0.3 is 5.97 Å². The fraction of sp³-hybridized carbons (Fsp3) is 0.609. The van der Waals surface area contributed by atoms with Gasteiger partial charge in [-0.2, -0.15) is 9.61 Å². The van der Waals surface area contributed by atoms with Gasteiger partial charge in [0, 0.05) is 29.3 Å². The zero-order valence-corrected chi connectivity index (χ0v) is 21.7. The van der Waals surface area contributed by atoms with Gasteiger partial charge in [-0.15, -0.1) is 6.58 Å². The summed E-state index contributed by atoms with van der Waals surface area (Å²) in [6, 6.07) is 1.95. The molecule has 1 aliphatic heterocycles. The number of carbonyl (C=O) groups is 1. The second kappa shape index (κ2) is 9.64. The third-order valence-corrected chi connectivity index (χ3v) is 6.40. The number of aliphatic carboxylic acids is 1. The van der Waals surface area contributed by atoms with Crippen LogP contribution in [0.4, 0.5) is 5.82 Å². The van der Waals surface area contributed by atoms with Crippen LogP contribution in [-0.2, 0) is 18.7 Å². The van der Waals surface area contributed by atoms with Crippen molar-refractivity contribution in [1.82, 2.24) is 14.6 Å². The summed E-state index contributed by atoms with van der Waals surface area (Å²) < 4.78 is 14.6. The van der Waals surface area contributed by atoms with Gasteiger partial charge in [0.2, 0.25) is 0 Å².